The molecule has 0 spiro atoms. The SMILES string of the molecule is O=C(CN1NC(c2ccc(Cl)cc2)=CCC1=O)NCc1ccccc1Cl. The van der Waals surface area contributed by atoms with Gasteiger partial charge in [-0.15, -0.1) is 0 Å². The Morgan fingerprint density at radius 2 is 1.85 bits per heavy atom. The quantitative estimate of drug-likeness (QED) is 0.823. The molecule has 3 rings (SSSR count). The van der Waals surface area contributed by atoms with E-state index in [4.69, 9.17) is 23.2 Å². The predicted octanol–water partition coefficient (Wildman–Crippen LogP) is 3.39. The summed E-state index contributed by atoms with van der Waals surface area (Å²) < 4.78 is 0. The van der Waals surface area contributed by atoms with Gasteiger partial charge in [-0.05, 0) is 35.4 Å². The van der Waals surface area contributed by atoms with Crippen LogP contribution in [0.25, 0.3) is 5.70 Å². The minimum Gasteiger partial charge on any atom is -0.350 e. The normalized spacial score (nSPS) is 13.8. The first-order valence-corrected chi connectivity index (χ1v) is 8.82. The zero-order valence-corrected chi connectivity index (χ0v) is 15.3. The molecule has 0 saturated carbocycles. The van der Waals surface area contributed by atoms with E-state index in [2.05, 4.69) is 10.7 Å². The summed E-state index contributed by atoms with van der Waals surface area (Å²) in [5, 5.41) is 5.31. The lowest BCUT2D eigenvalue weighted by atomic mass is 10.1. The second kappa shape index (κ2) is 8.25. The number of hydrogen-bond donors (Lipinski definition) is 2. The number of nitrogens with zero attached hydrogens (tertiary/aromatic N) is 1. The van der Waals surface area contributed by atoms with Crippen molar-refractivity contribution in [2.75, 3.05) is 6.54 Å². The van der Waals surface area contributed by atoms with Gasteiger partial charge in [0.25, 0.3) is 0 Å². The minimum atomic E-state index is -0.275. The summed E-state index contributed by atoms with van der Waals surface area (Å²) in [6.07, 6.45) is 2.02. The Morgan fingerprint density at radius 3 is 2.58 bits per heavy atom. The zero-order valence-electron chi connectivity index (χ0n) is 13.8. The van der Waals surface area contributed by atoms with Crippen LogP contribution in [0, 0.1) is 0 Å². The maximum Gasteiger partial charge on any atom is 0.245 e. The van der Waals surface area contributed by atoms with Crippen LogP contribution in [-0.4, -0.2) is 23.4 Å². The molecule has 26 heavy (non-hydrogen) atoms. The summed E-state index contributed by atoms with van der Waals surface area (Å²) in [6.45, 7) is 0.217. The van der Waals surface area contributed by atoms with E-state index < -0.39 is 0 Å². The average molecular weight is 390 g/mol. The van der Waals surface area contributed by atoms with Crippen molar-refractivity contribution < 1.29 is 9.59 Å². The largest absolute Gasteiger partial charge is 0.350 e. The zero-order chi connectivity index (χ0) is 18.5. The van der Waals surface area contributed by atoms with Crippen LogP contribution in [0.4, 0.5) is 0 Å². The van der Waals surface area contributed by atoms with Crippen LogP contribution in [-0.2, 0) is 16.1 Å². The molecule has 0 bridgehead atoms. The maximum atomic E-state index is 12.2. The Bertz CT molecular complexity index is 850. The number of benzene rings is 2. The highest BCUT2D eigenvalue weighted by molar-refractivity contribution is 6.31. The highest BCUT2D eigenvalue weighted by atomic mass is 35.5. The van der Waals surface area contributed by atoms with E-state index >= 15 is 0 Å². The van der Waals surface area contributed by atoms with Gasteiger partial charge in [0.1, 0.15) is 6.54 Å². The molecule has 0 aliphatic carbocycles. The van der Waals surface area contributed by atoms with Gasteiger partial charge in [0, 0.05) is 23.0 Å². The van der Waals surface area contributed by atoms with Crippen LogP contribution < -0.4 is 10.7 Å². The standard InChI is InChI=1S/C19H17Cl2N3O2/c20-15-7-5-13(6-8-15)17-9-10-19(26)24(23-17)12-18(25)22-11-14-3-1-2-4-16(14)21/h1-9,23H,10-12H2,(H,22,25). The van der Waals surface area contributed by atoms with Gasteiger partial charge in [-0.1, -0.05) is 53.5 Å². The molecule has 2 aromatic rings. The Kier molecular flexibility index (Phi) is 5.81. The fourth-order valence-corrected chi connectivity index (χ4v) is 2.86. The fraction of sp³-hybridized carbons (Fsp3) is 0.158. The molecule has 2 amide bonds. The number of nitrogens with one attached hydrogen (secondary N) is 2. The number of amides is 2. The number of carbonyl (C=O) groups excluding carboxylic acids is 2. The molecule has 0 saturated heterocycles. The van der Waals surface area contributed by atoms with Crippen molar-refractivity contribution in [1.82, 2.24) is 15.8 Å². The van der Waals surface area contributed by atoms with Crippen molar-refractivity contribution >= 4 is 40.7 Å². The van der Waals surface area contributed by atoms with E-state index in [1.54, 1.807) is 24.3 Å². The number of hydrazine groups is 1. The Labute approximate surface area is 161 Å². The summed E-state index contributed by atoms with van der Waals surface area (Å²) in [4.78, 5) is 24.3. The number of halogens is 2. The van der Waals surface area contributed by atoms with E-state index in [1.807, 2.05) is 30.3 Å². The molecule has 0 unspecified atom stereocenters. The molecule has 1 heterocycles. The fourth-order valence-electron chi connectivity index (χ4n) is 2.53. The second-order valence-corrected chi connectivity index (χ2v) is 6.63. The van der Waals surface area contributed by atoms with E-state index in [1.165, 1.54) is 5.01 Å². The van der Waals surface area contributed by atoms with Gasteiger partial charge >= 0.3 is 0 Å². The van der Waals surface area contributed by atoms with Gasteiger partial charge in [0.05, 0.1) is 5.70 Å². The first kappa shape index (κ1) is 18.3. The van der Waals surface area contributed by atoms with Crippen LogP contribution in [0.5, 0.6) is 0 Å². The highest BCUT2D eigenvalue weighted by Gasteiger charge is 2.22. The molecule has 5 nitrogen and oxygen atoms in total. The van der Waals surface area contributed by atoms with Crippen LogP contribution in [0.2, 0.25) is 10.0 Å². The van der Waals surface area contributed by atoms with Crippen LogP contribution in [0.3, 0.4) is 0 Å². The van der Waals surface area contributed by atoms with Crippen molar-refractivity contribution in [3.05, 3.63) is 75.8 Å². The van der Waals surface area contributed by atoms with Crippen molar-refractivity contribution in [2.24, 2.45) is 0 Å². The Balaban J connectivity index is 1.59. The van der Waals surface area contributed by atoms with Crippen molar-refractivity contribution in [3.63, 3.8) is 0 Å². The van der Waals surface area contributed by atoms with Gasteiger partial charge in [-0.2, -0.15) is 0 Å². The van der Waals surface area contributed by atoms with Crippen LogP contribution >= 0.6 is 23.2 Å². The first-order chi connectivity index (χ1) is 12.5. The molecule has 0 radical (unpaired) electrons. The molecule has 134 valence electrons. The molecule has 7 heteroatoms. The molecule has 2 N–H and O–H groups in total. The van der Waals surface area contributed by atoms with Crippen molar-refractivity contribution in [3.8, 4) is 0 Å². The van der Waals surface area contributed by atoms with Gasteiger partial charge in [0.2, 0.25) is 11.8 Å². The third-order valence-electron chi connectivity index (χ3n) is 3.93. The number of rotatable bonds is 5. The van der Waals surface area contributed by atoms with E-state index in [9.17, 15) is 9.59 Å². The lowest BCUT2D eigenvalue weighted by molar-refractivity contribution is -0.137. The first-order valence-electron chi connectivity index (χ1n) is 8.06. The lowest BCUT2D eigenvalue weighted by Crippen LogP contribution is -2.49. The van der Waals surface area contributed by atoms with Gasteiger partial charge < -0.3 is 5.32 Å². The molecule has 0 aromatic heterocycles. The van der Waals surface area contributed by atoms with E-state index in [-0.39, 0.29) is 24.8 Å². The summed E-state index contributed by atoms with van der Waals surface area (Å²) in [5.41, 5.74) is 5.47. The summed E-state index contributed by atoms with van der Waals surface area (Å²) >= 11 is 12.0. The van der Waals surface area contributed by atoms with Crippen molar-refractivity contribution in [2.45, 2.75) is 13.0 Å². The third-order valence-corrected chi connectivity index (χ3v) is 4.55. The van der Waals surface area contributed by atoms with E-state index in [0.717, 1.165) is 16.8 Å². The summed E-state index contributed by atoms with van der Waals surface area (Å²) in [7, 11) is 0. The lowest BCUT2D eigenvalue weighted by Gasteiger charge is -2.28. The van der Waals surface area contributed by atoms with Crippen LogP contribution in [0.1, 0.15) is 17.5 Å². The monoisotopic (exact) mass is 389 g/mol. The highest BCUT2D eigenvalue weighted by Crippen LogP contribution is 2.19. The Morgan fingerprint density at radius 1 is 1.12 bits per heavy atom. The Hall–Kier alpha value is -2.50. The summed E-state index contributed by atoms with van der Waals surface area (Å²) in [5.74, 6) is -0.446. The predicted molar refractivity (Wildman–Crippen MR) is 102 cm³/mol. The molecular formula is C19H17Cl2N3O2. The van der Waals surface area contributed by atoms with Gasteiger partial charge in [0.15, 0.2) is 0 Å². The van der Waals surface area contributed by atoms with Gasteiger partial charge in [-0.3, -0.25) is 15.0 Å². The third kappa shape index (κ3) is 4.56. The topological polar surface area (TPSA) is 61.4 Å². The number of hydrogen-bond acceptors (Lipinski definition) is 3. The molecule has 0 atom stereocenters. The van der Waals surface area contributed by atoms with Crippen molar-refractivity contribution in [1.29, 1.82) is 0 Å². The smallest absolute Gasteiger partial charge is 0.245 e. The molecular weight excluding hydrogens is 373 g/mol. The molecule has 1 aliphatic heterocycles. The second-order valence-electron chi connectivity index (χ2n) is 5.79. The minimum absolute atomic E-state index is 0.0891. The summed E-state index contributed by atoms with van der Waals surface area (Å²) in [6, 6.07) is 14.5. The van der Waals surface area contributed by atoms with Gasteiger partial charge in [-0.25, -0.2) is 5.01 Å². The molecule has 1 aliphatic rings. The molecule has 0 fully saturated rings. The molecule has 2 aromatic carbocycles. The average Bonchev–Trinajstić information content (AvgIpc) is 2.64. The van der Waals surface area contributed by atoms with Crippen LogP contribution in [0.15, 0.2) is 54.6 Å². The number of carbonyl (C=O) groups is 2. The van der Waals surface area contributed by atoms with E-state index in [0.29, 0.717) is 16.6 Å². The maximum absolute atomic E-state index is 12.2.